The van der Waals surface area contributed by atoms with Gasteiger partial charge in [-0.1, -0.05) is 0 Å². The Labute approximate surface area is 149 Å². The SMILES string of the molecule is CS(=O)(=O)O[C@@H]1CCC[C@H]1n1cnc2c(-n3cc(C#N)cn3)ncnc21. The molecule has 0 spiro atoms. The topological polar surface area (TPSA) is 129 Å². The van der Waals surface area contributed by atoms with Crippen molar-refractivity contribution >= 4 is 21.3 Å². The lowest BCUT2D eigenvalue weighted by Crippen LogP contribution is -2.24. The summed E-state index contributed by atoms with van der Waals surface area (Å²) < 4.78 is 31.6. The Kier molecular flexibility index (Phi) is 3.93. The van der Waals surface area contributed by atoms with E-state index in [1.54, 1.807) is 12.5 Å². The van der Waals surface area contributed by atoms with Gasteiger partial charge in [0.1, 0.15) is 12.4 Å². The number of imidazole rings is 1. The van der Waals surface area contributed by atoms with Gasteiger partial charge in [-0.15, -0.1) is 0 Å². The first kappa shape index (κ1) is 16.6. The number of fused-ring (bicyclic) bond motifs is 1. The van der Waals surface area contributed by atoms with Crippen molar-refractivity contribution in [2.75, 3.05) is 6.26 Å². The van der Waals surface area contributed by atoms with Crippen LogP contribution < -0.4 is 0 Å². The van der Waals surface area contributed by atoms with E-state index >= 15 is 0 Å². The average molecular weight is 373 g/mol. The Balaban J connectivity index is 1.76. The fraction of sp³-hybridized carbons (Fsp3) is 0.400. The minimum atomic E-state index is -3.55. The molecule has 0 aliphatic heterocycles. The molecule has 3 heterocycles. The van der Waals surface area contributed by atoms with Gasteiger partial charge in [-0.3, -0.25) is 4.18 Å². The van der Waals surface area contributed by atoms with Gasteiger partial charge in [-0.25, -0.2) is 19.6 Å². The zero-order valence-electron chi connectivity index (χ0n) is 13.8. The minimum absolute atomic E-state index is 0.176. The Morgan fingerprint density at radius 3 is 2.88 bits per heavy atom. The number of rotatable bonds is 4. The number of aromatic nitrogens is 6. The molecular formula is C15H15N7O3S. The monoisotopic (exact) mass is 373 g/mol. The van der Waals surface area contributed by atoms with E-state index < -0.39 is 16.2 Å². The largest absolute Gasteiger partial charge is 0.309 e. The van der Waals surface area contributed by atoms with Gasteiger partial charge in [0.2, 0.25) is 0 Å². The van der Waals surface area contributed by atoms with Gasteiger partial charge in [0, 0.05) is 0 Å². The second kappa shape index (κ2) is 6.15. The molecule has 4 rings (SSSR count). The zero-order valence-corrected chi connectivity index (χ0v) is 14.7. The zero-order chi connectivity index (χ0) is 18.3. The first-order chi connectivity index (χ1) is 12.5. The van der Waals surface area contributed by atoms with Crippen LogP contribution in [0.15, 0.2) is 25.0 Å². The molecule has 1 saturated carbocycles. The van der Waals surface area contributed by atoms with E-state index in [0.29, 0.717) is 29.0 Å². The Morgan fingerprint density at radius 2 is 2.15 bits per heavy atom. The smallest absolute Gasteiger partial charge is 0.264 e. The van der Waals surface area contributed by atoms with Crippen LogP contribution in [0.2, 0.25) is 0 Å². The van der Waals surface area contributed by atoms with Gasteiger partial charge >= 0.3 is 0 Å². The molecule has 1 fully saturated rings. The van der Waals surface area contributed by atoms with Crippen LogP contribution in [0.3, 0.4) is 0 Å². The minimum Gasteiger partial charge on any atom is -0.309 e. The van der Waals surface area contributed by atoms with Gasteiger partial charge in [0.15, 0.2) is 17.0 Å². The average Bonchev–Trinajstić information content (AvgIpc) is 3.31. The molecule has 1 aliphatic rings. The molecule has 0 radical (unpaired) electrons. The van der Waals surface area contributed by atoms with Crippen molar-refractivity contribution in [1.82, 2.24) is 29.3 Å². The summed E-state index contributed by atoms with van der Waals surface area (Å²) in [5.74, 6) is 0.453. The number of hydrogen-bond acceptors (Lipinski definition) is 8. The Bertz CT molecular complexity index is 1110. The summed E-state index contributed by atoms with van der Waals surface area (Å²) in [6.45, 7) is 0. The highest BCUT2D eigenvalue weighted by atomic mass is 32.2. The van der Waals surface area contributed by atoms with E-state index in [0.717, 1.165) is 19.1 Å². The summed E-state index contributed by atoms with van der Waals surface area (Å²) in [5.41, 5.74) is 1.50. The van der Waals surface area contributed by atoms with Crippen LogP contribution >= 0.6 is 0 Å². The van der Waals surface area contributed by atoms with Crippen molar-refractivity contribution in [3.63, 3.8) is 0 Å². The fourth-order valence-electron chi connectivity index (χ4n) is 3.31. The quantitative estimate of drug-likeness (QED) is 0.618. The lowest BCUT2D eigenvalue weighted by Gasteiger charge is -2.20. The standard InChI is InChI=1S/C15H15N7O3S/c1-26(23,24)25-12-4-2-3-11(12)21-9-19-13-14(21)17-8-18-15(13)22-7-10(5-16)6-20-22/h6-9,11-12H,2-4H2,1H3/t11-,12-/m1/s1. The van der Waals surface area contributed by atoms with Crippen LogP contribution in [0.1, 0.15) is 30.9 Å². The summed E-state index contributed by atoms with van der Waals surface area (Å²) >= 11 is 0. The highest BCUT2D eigenvalue weighted by molar-refractivity contribution is 7.86. The molecule has 26 heavy (non-hydrogen) atoms. The van der Waals surface area contributed by atoms with Crippen molar-refractivity contribution in [1.29, 1.82) is 5.26 Å². The van der Waals surface area contributed by atoms with Crippen molar-refractivity contribution < 1.29 is 12.6 Å². The summed E-state index contributed by atoms with van der Waals surface area (Å²) in [6, 6.07) is 1.84. The summed E-state index contributed by atoms with van der Waals surface area (Å²) in [7, 11) is -3.55. The number of nitrogens with zero attached hydrogens (tertiary/aromatic N) is 7. The van der Waals surface area contributed by atoms with Crippen LogP contribution in [-0.4, -0.2) is 50.1 Å². The van der Waals surface area contributed by atoms with Crippen LogP contribution in [0, 0.1) is 11.3 Å². The highest BCUT2D eigenvalue weighted by Crippen LogP contribution is 2.35. The van der Waals surface area contributed by atoms with Gasteiger partial charge in [0.05, 0.1) is 42.7 Å². The summed E-state index contributed by atoms with van der Waals surface area (Å²) in [4.78, 5) is 12.9. The van der Waals surface area contributed by atoms with E-state index in [1.807, 2.05) is 10.6 Å². The fourth-order valence-corrected chi connectivity index (χ4v) is 3.98. The Morgan fingerprint density at radius 1 is 1.31 bits per heavy atom. The highest BCUT2D eigenvalue weighted by Gasteiger charge is 2.33. The molecule has 0 saturated heterocycles. The molecule has 1 aliphatic carbocycles. The molecule has 0 aromatic carbocycles. The predicted molar refractivity (Wildman–Crippen MR) is 89.8 cm³/mol. The summed E-state index contributed by atoms with van der Waals surface area (Å²) in [6.07, 6.45) is 8.90. The van der Waals surface area contributed by atoms with Crippen molar-refractivity contribution in [3.05, 3.63) is 30.6 Å². The molecule has 2 atom stereocenters. The first-order valence-corrected chi connectivity index (χ1v) is 9.79. The lowest BCUT2D eigenvalue weighted by molar-refractivity contribution is 0.172. The summed E-state index contributed by atoms with van der Waals surface area (Å²) in [5, 5.41) is 13.1. The number of nitriles is 1. The van der Waals surface area contributed by atoms with E-state index in [-0.39, 0.29) is 6.04 Å². The van der Waals surface area contributed by atoms with E-state index in [2.05, 4.69) is 20.1 Å². The molecule has 134 valence electrons. The second-order valence-corrected chi connectivity index (χ2v) is 7.74. The van der Waals surface area contributed by atoms with Gasteiger partial charge < -0.3 is 4.57 Å². The van der Waals surface area contributed by atoms with Gasteiger partial charge in [0.25, 0.3) is 10.1 Å². The lowest BCUT2D eigenvalue weighted by atomic mass is 10.2. The van der Waals surface area contributed by atoms with E-state index in [1.165, 1.54) is 17.2 Å². The third-order valence-electron chi connectivity index (χ3n) is 4.34. The number of hydrogen-bond donors (Lipinski definition) is 0. The molecule has 3 aromatic heterocycles. The molecule has 10 nitrogen and oxygen atoms in total. The molecule has 0 bridgehead atoms. The predicted octanol–water partition coefficient (Wildman–Crippen LogP) is 0.953. The molecule has 3 aromatic rings. The molecular weight excluding hydrogens is 358 g/mol. The first-order valence-electron chi connectivity index (χ1n) is 7.97. The van der Waals surface area contributed by atoms with Crippen molar-refractivity contribution in [2.45, 2.75) is 31.4 Å². The second-order valence-electron chi connectivity index (χ2n) is 6.14. The third-order valence-corrected chi connectivity index (χ3v) is 4.94. The third kappa shape index (κ3) is 2.93. The molecule has 0 amide bonds. The van der Waals surface area contributed by atoms with Crippen molar-refractivity contribution in [3.8, 4) is 11.9 Å². The molecule has 0 N–H and O–H groups in total. The van der Waals surface area contributed by atoms with Crippen LogP contribution in [0.4, 0.5) is 0 Å². The van der Waals surface area contributed by atoms with Crippen LogP contribution in [-0.2, 0) is 14.3 Å². The van der Waals surface area contributed by atoms with Gasteiger partial charge in [-0.05, 0) is 19.3 Å². The normalized spacial score (nSPS) is 20.5. The molecule has 0 unspecified atom stereocenters. The van der Waals surface area contributed by atoms with Gasteiger partial charge in [-0.2, -0.15) is 18.8 Å². The molecule has 11 heteroatoms. The maximum Gasteiger partial charge on any atom is 0.264 e. The van der Waals surface area contributed by atoms with Crippen LogP contribution in [0.5, 0.6) is 0 Å². The van der Waals surface area contributed by atoms with E-state index in [4.69, 9.17) is 9.44 Å². The Hall–Kier alpha value is -2.84. The van der Waals surface area contributed by atoms with E-state index in [9.17, 15) is 8.42 Å². The maximum atomic E-state index is 11.5. The maximum absolute atomic E-state index is 11.5. The van der Waals surface area contributed by atoms with Crippen LogP contribution in [0.25, 0.3) is 17.0 Å². The van der Waals surface area contributed by atoms with Crippen molar-refractivity contribution in [2.24, 2.45) is 0 Å².